The number of hydrogen-bond acceptors (Lipinski definition) is 3. The summed E-state index contributed by atoms with van der Waals surface area (Å²) in [6.45, 7) is 0.776. The number of imidazole rings is 1. The molecule has 3 rings (SSSR count). The molecular weight excluding hydrogens is 297 g/mol. The van der Waals surface area contributed by atoms with Crippen molar-refractivity contribution >= 4 is 34.0 Å². The lowest BCUT2D eigenvalue weighted by molar-refractivity contribution is 0.629. The number of benzene rings is 1. The molecule has 3 aromatic rings. The first-order chi connectivity index (χ1) is 9.78. The molecule has 20 heavy (non-hydrogen) atoms. The van der Waals surface area contributed by atoms with Crippen LogP contribution in [0.2, 0.25) is 0 Å². The van der Waals surface area contributed by atoms with Crippen LogP contribution in [0.25, 0.3) is 11.0 Å². The number of thiazole rings is 1. The van der Waals surface area contributed by atoms with Gasteiger partial charge in [-0.15, -0.1) is 22.9 Å². The number of hydrogen-bond donors (Lipinski definition) is 0. The Balaban J connectivity index is 1.95. The van der Waals surface area contributed by atoms with Gasteiger partial charge in [-0.3, -0.25) is 0 Å². The van der Waals surface area contributed by atoms with E-state index in [2.05, 4.69) is 14.5 Å². The fraction of sp³-hybridized carbons (Fsp3) is 0.286. The fourth-order valence-electron chi connectivity index (χ4n) is 2.27. The summed E-state index contributed by atoms with van der Waals surface area (Å²) in [5.74, 6) is 1.14. The van der Waals surface area contributed by atoms with Crippen LogP contribution in [0.3, 0.4) is 0 Å². The topological polar surface area (TPSA) is 30.7 Å². The van der Waals surface area contributed by atoms with Crippen molar-refractivity contribution in [2.75, 3.05) is 5.88 Å². The zero-order chi connectivity index (χ0) is 13.9. The molecule has 104 valence electrons. The number of aryl methyl sites for hydroxylation is 3. The first-order valence-corrected chi connectivity index (χ1v) is 7.83. The molecule has 0 aliphatic heterocycles. The van der Waals surface area contributed by atoms with Crippen LogP contribution in [-0.4, -0.2) is 20.4 Å². The quantitative estimate of drug-likeness (QED) is 0.673. The monoisotopic (exact) mass is 309 g/mol. The zero-order valence-electron chi connectivity index (χ0n) is 10.7. The highest BCUT2D eigenvalue weighted by Crippen LogP contribution is 2.19. The molecule has 0 amide bonds. The van der Waals surface area contributed by atoms with Gasteiger partial charge in [-0.05, 0) is 12.1 Å². The molecule has 0 spiro atoms. The molecule has 0 atom stereocenters. The van der Waals surface area contributed by atoms with Crippen molar-refractivity contribution in [1.82, 2.24) is 14.5 Å². The van der Waals surface area contributed by atoms with Crippen molar-refractivity contribution in [2.24, 2.45) is 0 Å². The summed E-state index contributed by atoms with van der Waals surface area (Å²) in [6.07, 6.45) is 1.51. The Hall–Kier alpha value is -1.46. The van der Waals surface area contributed by atoms with Gasteiger partial charge in [0.1, 0.15) is 11.6 Å². The lowest BCUT2D eigenvalue weighted by Gasteiger charge is -2.07. The molecule has 0 aliphatic carbocycles. The molecule has 6 heteroatoms. The Morgan fingerprint density at radius 2 is 2.20 bits per heavy atom. The maximum Gasteiger partial charge on any atom is 0.125 e. The third-order valence-corrected chi connectivity index (χ3v) is 4.01. The fourth-order valence-corrected chi connectivity index (χ4v) is 3.03. The molecule has 2 heterocycles. The first kappa shape index (κ1) is 13.5. The molecule has 0 fully saturated rings. The molecule has 3 nitrogen and oxygen atoms in total. The standard InChI is InChI=1S/C14H13ClFN3S/c15-5-3-14-18-12-7-10(16)1-2-13(12)19(14)6-4-11-8-20-9-17-11/h1-2,7-9H,3-6H2. The predicted octanol–water partition coefficient (Wildman–Crippen LogP) is 3.66. The van der Waals surface area contributed by atoms with Crippen LogP contribution >= 0.6 is 22.9 Å². The van der Waals surface area contributed by atoms with Gasteiger partial charge in [-0.25, -0.2) is 14.4 Å². The molecular formula is C14H13ClFN3S. The summed E-state index contributed by atoms with van der Waals surface area (Å²) in [6, 6.07) is 4.71. The van der Waals surface area contributed by atoms with Crippen LogP contribution in [0.5, 0.6) is 0 Å². The second-order valence-corrected chi connectivity index (χ2v) is 5.58. The highest BCUT2D eigenvalue weighted by molar-refractivity contribution is 7.07. The van der Waals surface area contributed by atoms with E-state index in [1.54, 1.807) is 17.4 Å². The van der Waals surface area contributed by atoms with Crippen molar-refractivity contribution in [3.05, 3.63) is 46.4 Å². The summed E-state index contributed by atoms with van der Waals surface area (Å²) < 4.78 is 15.4. The Kier molecular flexibility index (Phi) is 3.98. The number of fused-ring (bicyclic) bond motifs is 1. The van der Waals surface area contributed by atoms with E-state index >= 15 is 0 Å². The Labute approximate surface area is 125 Å². The molecule has 0 unspecified atom stereocenters. The number of aromatic nitrogens is 3. The maximum atomic E-state index is 13.3. The van der Waals surface area contributed by atoms with E-state index in [1.165, 1.54) is 12.1 Å². The average molecular weight is 310 g/mol. The van der Waals surface area contributed by atoms with E-state index < -0.39 is 0 Å². The molecule has 0 N–H and O–H groups in total. The van der Waals surface area contributed by atoms with Gasteiger partial charge in [-0.2, -0.15) is 0 Å². The van der Waals surface area contributed by atoms with Crippen LogP contribution in [0.1, 0.15) is 11.5 Å². The van der Waals surface area contributed by atoms with Crippen molar-refractivity contribution in [3.63, 3.8) is 0 Å². The van der Waals surface area contributed by atoms with Gasteiger partial charge >= 0.3 is 0 Å². The van der Waals surface area contributed by atoms with E-state index in [9.17, 15) is 4.39 Å². The smallest absolute Gasteiger partial charge is 0.125 e. The van der Waals surface area contributed by atoms with Gasteiger partial charge < -0.3 is 4.57 Å². The van der Waals surface area contributed by atoms with Crippen molar-refractivity contribution in [1.29, 1.82) is 0 Å². The van der Waals surface area contributed by atoms with Gasteiger partial charge in [-0.1, -0.05) is 0 Å². The third kappa shape index (κ3) is 2.69. The van der Waals surface area contributed by atoms with Gasteiger partial charge in [0, 0.05) is 36.7 Å². The van der Waals surface area contributed by atoms with E-state index in [0.29, 0.717) is 17.8 Å². The predicted molar refractivity (Wildman–Crippen MR) is 79.9 cm³/mol. The van der Waals surface area contributed by atoms with Crippen LogP contribution in [0, 0.1) is 5.82 Å². The second-order valence-electron chi connectivity index (χ2n) is 4.48. The summed E-state index contributed by atoms with van der Waals surface area (Å²) in [5.41, 5.74) is 4.53. The zero-order valence-corrected chi connectivity index (χ0v) is 12.3. The minimum absolute atomic E-state index is 0.265. The van der Waals surface area contributed by atoms with Crippen LogP contribution in [0.4, 0.5) is 4.39 Å². The SMILES string of the molecule is Fc1ccc2c(c1)nc(CCCl)n2CCc1cscn1. The number of rotatable bonds is 5. The highest BCUT2D eigenvalue weighted by atomic mass is 35.5. The maximum absolute atomic E-state index is 13.3. The minimum Gasteiger partial charge on any atom is -0.328 e. The molecule has 0 saturated carbocycles. The lowest BCUT2D eigenvalue weighted by Crippen LogP contribution is -2.07. The third-order valence-electron chi connectivity index (χ3n) is 3.18. The molecule has 0 radical (unpaired) electrons. The van der Waals surface area contributed by atoms with Crippen LogP contribution in [-0.2, 0) is 19.4 Å². The van der Waals surface area contributed by atoms with Gasteiger partial charge in [0.25, 0.3) is 0 Å². The Morgan fingerprint density at radius 3 is 2.95 bits per heavy atom. The Bertz CT molecular complexity index is 709. The van der Waals surface area contributed by atoms with E-state index in [1.807, 2.05) is 10.9 Å². The van der Waals surface area contributed by atoms with Gasteiger partial charge in [0.05, 0.1) is 22.2 Å². The van der Waals surface area contributed by atoms with Crippen molar-refractivity contribution in [2.45, 2.75) is 19.4 Å². The summed E-state index contributed by atoms with van der Waals surface area (Å²) >= 11 is 7.42. The van der Waals surface area contributed by atoms with Crippen molar-refractivity contribution in [3.8, 4) is 0 Å². The van der Waals surface area contributed by atoms with Gasteiger partial charge in [0.15, 0.2) is 0 Å². The Morgan fingerprint density at radius 1 is 1.30 bits per heavy atom. The lowest BCUT2D eigenvalue weighted by atomic mass is 10.3. The van der Waals surface area contributed by atoms with Crippen LogP contribution in [0.15, 0.2) is 29.1 Å². The summed E-state index contributed by atoms with van der Waals surface area (Å²) in [5, 5.41) is 2.04. The van der Waals surface area contributed by atoms with E-state index in [0.717, 1.165) is 30.0 Å². The second kappa shape index (κ2) is 5.89. The van der Waals surface area contributed by atoms with Crippen LogP contribution < -0.4 is 0 Å². The minimum atomic E-state index is -0.265. The normalized spacial score (nSPS) is 11.3. The molecule has 2 aromatic heterocycles. The molecule has 1 aromatic carbocycles. The molecule has 0 bridgehead atoms. The average Bonchev–Trinajstić information content (AvgIpc) is 3.04. The molecule has 0 aliphatic rings. The summed E-state index contributed by atoms with van der Waals surface area (Å²) in [7, 11) is 0. The molecule has 0 saturated heterocycles. The largest absolute Gasteiger partial charge is 0.328 e. The van der Waals surface area contributed by atoms with E-state index in [-0.39, 0.29) is 5.82 Å². The van der Waals surface area contributed by atoms with Crippen molar-refractivity contribution < 1.29 is 4.39 Å². The van der Waals surface area contributed by atoms with E-state index in [4.69, 9.17) is 11.6 Å². The highest BCUT2D eigenvalue weighted by Gasteiger charge is 2.11. The number of nitrogens with zero attached hydrogens (tertiary/aromatic N) is 3. The summed E-state index contributed by atoms with van der Waals surface area (Å²) in [4.78, 5) is 8.77. The van der Waals surface area contributed by atoms with Gasteiger partial charge in [0.2, 0.25) is 0 Å². The first-order valence-electron chi connectivity index (χ1n) is 6.35. The number of halogens is 2. The number of alkyl halides is 1.